The SMILES string of the molecule is CN(CCC1(O)CCCC1)C(=O)[C@H]1CCC(=O)N(Cc2ccccc2F)C1. The Balaban J connectivity index is 1.56. The van der Waals surface area contributed by atoms with Gasteiger partial charge >= 0.3 is 0 Å². The number of hydrogen-bond acceptors (Lipinski definition) is 3. The quantitative estimate of drug-likeness (QED) is 0.830. The van der Waals surface area contributed by atoms with Gasteiger partial charge in [-0.25, -0.2) is 4.39 Å². The molecule has 0 unspecified atom stereocenters. The first kappa shape index (κ1) is 19.8. The minimum absolute atomic E-state index is 0.00244. The van der Waals surface area contributed by atoms with Crippen LogP contribution in [0.4, 0.5) is 4.39 Å². The van der Waals surface area contributed by atoms with Gasteiger partial charge in [-0.3, -0.25) is 9.59 Å². The van der Waals surface area contributed by atoms with E-state index in [2.05, 4.69) is 0 Å². The molecule has 2 amide bonds. The Morgan fingerprint density at radius 2 is 2.04 bits per heavy atom. The summed E-state index contributed by atoms with van der Waals surface area (Å²) < 4.78 is 13.9. The van der Waals surface area contributed by atoms with Crippen molar-refractivity contribution >= 4 is 11.8 Å². The Labute approximate surface area is 160 Å². The van der Waals surface area contributed by atoms with Crippen molar-refractivity contribution in [3.8, 4) is 0 Å². The van der Waals surface area contributed by atoms with E-state index < -0.39 is 5.60 Å². The van der Waals surface area contributed by atoms with Crippen LogP contribution in [-0.2, 0) is 16.1 Å². The van der Waals surface area contributed by atoms with Gasteiger partial charge < -0.3 is 14.9 Å². The molecule has 1 N–H and O–H groups in total. The van der Waals surface area contributed by atoms with Crippen LogP contribution in [0, 0.1) is 11.7 Å². The summed E-state index contributed by atoms with van der Waals surface area (Å²) in [6, 6.07) is 6.42. The summed E-state index contributed by atoms with van der Waals surface area (Å²) in [5.74, 6) is -0.633. The van der Waals surface area contributed by atoms with Crippen LogP contribution in [0.2, 0.25) is 0 Å². The summed E-state index contributed by atoms with van der Waals surface area (Å²) in [6.07, 6.45) is 5.14. The molecule has 0 bridgehead atoms. The molecule has 0 aromatic heterocycles. The molecular weight excluding hydrogens is 347 g/mol. The van der Waals surface area contributed by atoms with E-state index in [1.165, 1.54) is 6.07 Å². The number of halogens is 1. The van der Waals surface area contributed by atoms with Gasteiger partial charge in [-0.15, -0.1) is 0 Å². The van der Waals surface area contributed by atoms with Crippen molar-refractivity contribution in [2.24, 2.45) is 5.92 Å². The molecule has 1 atom stereocenters. The number of benzene rings is 1. The summed E-state index contributed by atoms with van der Waals surface area (Å²) in [5, 5.41) is 10.5. The minimum Gasteiger partial charge on any atom is -0.390 e. The van der Waals surface area contributed by atoms with Crippen LogP contribution in [0.25, 0.3) is 0 Å². The highest BCUT2D eigenvalue weighted by Crippen LogP contribution is 2.32. The summed E-state index contributed by atoms with van der Waals surface area (Å²) >= 11 is 0. The molecule has 1 aliphatic heterocycles. The summed E-state index contributed by atoms with van der Waals surface area (Å²) in [6.45, 7) is 1.03. The molecule has 6 heteroatoms. The minimum atomic E-state index is -0.631. The fourth-order valence-corrected chi connectivity index (χ4v) is 4.18. The van der Waals surface area contributed by atoms with Gasteiger partial charge in [0, 0.05) is 38.7 Å². The van der Waals surface area contributed by atoms with E-state index in [1.807, 2.05) is 0 Å². The third-order valence-electron chi connectivity index (χ3n) is 5.99. The second-order valence-corrected chi connectivity index (χ2v) is 8.04. The Bertz CT molecular complexity index is 688. The van der Waals surface area contributed by atoms with Gasteiger partial charge in [-0.05, 0) is 31.7 Å². The molecule has 27 heavy (non-hydrogen) atoms. The average molecular weight is 376 g/mol. The highest BCUT2D eigenvalue weighted by molar-refractivity contribution is 5.83. The third kappa shape index (κ3) is 4.86. The molecule has 3 rings (SSSR count). The number of aliphatic hydroxyl groups is 1. The Kier molecular flexibility index (Phi) is 6.15. The maximum absolute atomic E-state index is 13.9. The van der Waals surface area contributed by atoms with E-state index >= 15 is 0 Å². The zero-order chi connectivity index (χ0) is 19.4. The van der Waals surface area contributed by atoms with Gasteiger partial charge in [-0.2, -0.15) is 0 Å². The molecule has 2 fully saturated rings. The van der Waals surface area contributed by atoms with Crippen LogP contribution in [0.5, 0.6) is 0 Å². The molecule has 0 radical (unpaired) electrons. The van der Waals surface area contributed by atoms with Gasteiger partial charge in [0.2, 0.25) is 11.8 Å². The largest absolute Gasteiger partial charge is 0.390 e. The van der Waals surface area contributed by atoms with E-state index in [9.17, 15) is 19.1 Å². The lowest BCUT2D eigenvalue weighted by molar-refractivity contribution is -0.143. The van der Waals surface area contributed by atoms with E-state index in [1.54, 1.807) is 35.0 Å². The van der Waals surface area contributed by atoms with Crippen LogP contribution in [-0.4, -0.2) is 52.5 Å². The Morgan fingerprint density at radius 1 is 1.33 bits per heavy atom. The topological polar surface area (TPSA) is 60.9 Å². The molecule has 5 nitrogen and oxygen atoms in total. The molecule has 0 spiro atoms. The number of rotatable bonds is 6. The Morgan fingerprint density at radius 3 is 2.74 bits per heavy atom. The molecule has 1 aromatic carbocycles. The average Bonchev–Trinajstić information content (AvgIpc) is 3.09. The molecule has 2 aliphatic rings. The number of carbonyl (C=O) groups is 2. The van der Waals surface area contributed by atoms with E-state index in [0.29, 0.717) is 37.9 Å². The molecule has 1 saturated heterocycles. The second-order valence-electron chi connectivity index (χ2n) is 8.04. The van der Waals surface area contributed by atoms with Crippen molar-refractivity contribution in [3.63, 3.8) is 0 Å². The lowest BCUT2D eigenvalue weighted by atomic mass is 9.94. The van der Waals surface area contributed by atoms with Gasteiger partial charge in [-0.1, -0.05) is 31.0 Å². The fourth-order valence-electron chi connectivity index (χ4n) is 4.18. The van der Waals surface area contributed by atoms with Crippen molar-refractivity contribution in [2.45, 2.75) is 57.1 Å². The van der Waals surface area contributed by atoms with Crippen molar-refractivity contribution in [3.05, 3.63) is 35.6 Å². The van der Waals surface area contributed by atoms with Crippen molar-refractivity contribution in [1.29, 1.82) is 0 Å². The maximum Gasteiger partial charge on any atom is 0.227 e. The fraction of sp³-hybridized carbons (Fsp3) is 0.619. The highest BCUT2D eigenvalue weighted by Gasteiger charge is 2.34. The zero-order valence-corrected chi connectivity index (χ0v) is 16.0. The number of hydrogen-bond donors (Lipinski definition) is 1. The smallest absolute Gasteiger partial charge is 0.227 e. The van der Waals surface area contributed by atoms with E-state index in [0.717, 1.165) is 25.7 Å². The van der Waals surface area contributed by atoms with E-state index in [4.69, 9.17) is 0 Å². The first-order valence-electron chi connectivity index (χ1n) is 9.86. The van der Waals surface area contributed by atoms with E-state index in [-0.39, 0.29) is 30.1 Å². The molecular formula is C21H29FN2O3. The molecule has 1 saturated carbocycles. The van der Waals surface area contributed by atoms with Gasteiger partial charge in [0.15, 0.2) is 0 Å². The number of piperidine rings is 1. The standard InChI is InChI=1S/C21H29FN2O3/c1-23(13-12-21(27)10-4-5-11-21)20(26)17-8-9-19(25)24(15-17)14-16-6-2-3-7-18(16)22/h2-3,6-7,17,27H,4-5,8-15H2,1H3/t17-/m0/s1. The first-order chi connectivity index (χ1) is 12.9. The first-order valence-corrected chi connectivity index (χ1v) is 9.86. The van der Waals surface area contributed by atoms with Crippen LogP contribution in [0.1, 0.15) is 50.5 Å². The normalized spacial score (nSPS) is 22.1. The van der Waals surface area contributed by atoms with Gasteiger partial charge in [0.1, 0.15) is 5.82 Å². The molecule has 1 heterocycles. The summed E-state index contributed by atoms with van der Waals surface area (Å²) in [5.41, 5.74) is -0.163. The number of amides is 2. The highest BCUT2D eigenvalue weighted by atomic mass is 19.1. The number of nitrogens with zero attached hydrogens (tertiary/aromatic N) is 2. The van der Waals surface area contributed by atoms with Crippen molar-refractivity contribution in [1.82, 2.24) is 9.80 Å². The monoisotopic (exact) mass is 376 g/mol. The number of likely N-dealkylation sites (tertiary alicyclic amines) is 1. The summed E-state index contributed by atoms with van der Waals surface area (Å²) in [4.78, 5) is 28.3. The van der Waals surface area contributed by atoms with Gasteiger partial charge in [0.25, 0.3) is 0 Å². The van der Waals surface area contributed by atoms with Crippen LogP contribution in [0.3, 0.4) is 0 Å². The predicted molar refractivity (Wildman–Crippen MR) is 100 cm³/mol. The predicted octanol–water partition coefficient (Wildman–Crippen LogP) is 2.72. The zero-order valence-electron chi connectivity index (χ0n) is 16.0. The van der Waals surface area contributed by atoms with Crippen LogP contribution < -0.4 is 0 Å². The van der Waals surface area contributed by atoms with Crippen molar-refractivity contribution in [2.75, 3.05) is 20.1 Å². The van der Waals surface area contributed by atoms with Crippen LogP contribution >= 0.6 is 0 Å². The lowest BCUT2D eigenvalue weighted by Crippen LogP contribution is -2.46. The molecule has 1 aromatic rings. The van der Waals surface area contributed by atoms with Crippen molar-refractivity contribution < 1.29 is 19.1 Å². The number of carbonyl (C=O) groups excluding carboxylic acids is 2. The van der Waals surface area contributed by atoms with Crippen LogP contribution in [0.15, 0.2) is 24.3 Å². The maximum atomic E-state index is 13.9. The third-order valence-corrected chi connectivity index (χ3v) is 5.99. The van der Waals surface area contributed by atoms with Gasteiger partial charge in [0.05, 0.1) is 11.5 Å². The Hall–Kier alpha value is -1.95. The molecule has 1 aliphatic carbocycles. The molecule has 148 valence electrons. The summed E-state index contributed by atoms with van der Waals surface area (Å²) in [7, 11) is 1.76. The second kappa shape index (κ2) is 8.38. The lowest BCUT2D eigenvalue weighted by Gasteiger charge is -2.34.